The molecule has 1 unspecified atom stereocenters. The second-order valence-corrected chi connectivity index (χ2v) is 4.24. The Morgan fingerprint density at radius 3 is 2.71 bits per heavy atom. The molecule has 0 saturated carbocycles. The topological polar surface area (TPSA) is 30.5 Å². The number of quaternary nitrogens is 1. The molecular weight excluding hydrogens is 172 g/mol. The summed E-state index contributed by atoms with van der Waals surface area (Å²) in [5.74, 6) is 0. The van der Waals surface area contributed by atoms with Crippen molar-refractivity contribution in [2.45, 2.75) is 18.9 Å². The van der Waals surface area contributed by atoms with Crippen molar-refractivity contribution < 1.29 is 4.90 Å². The standard InChI is InChI=1S/C12H18N2/c13-12-7-9-14(10-12)8-6-11-4-2-1-3-5-11/h1-5,12H,6-10,13H2/p+1/t12-/m0/s1. The van der Waals surface area contributed by atoms with Crippen LogP contribution in [0.4, 0.5) is 0 Å². The summed E-state index contributed by atoms with van der Waals surface area (Å²) in [6, 6.07) is 11.1. The van der Waals surface area contributed by atoms with Gasteiger partial charge in [0.05, 0.1) is 25.7 Å². The highest BCUT2D eigenvalue weighted by atomic mass is 15.2. The highest BCUT2D eigenvalue weighted by Gasteiger charge is 2.21. The Morgan fingerprint density at radius 1 is 1.29 bits per heavy atom. The number of hydrogen-bond donors (Lipinski definition) is 2. The summed E-state index contributed by atoms with van der Waals surface area (Å²) < 4.78 is 0. The van der Waals surface area contributed by atoms with E-state index in [4.69, 9.17) is 5.73 Å². The summed E-state index contributed by atoms with van der Waals surface area (Å²) in [5.41, 5.74) is 7.32. The van der Waals surface area contributed by atoms with Crippen LogP contribution in [0.15, 0.2) is 30.3 Å². The highest BCUT2D eigenvalue weighted by molar-refractivity contribution is 5.14. The molecule has 2 nitrogen and oxygen atoms in total. The molecule has 2 atom stereocenters. The largest absolute Gasteiger partial charge is 0.333 e. The molecule has 1 aromatic carbocycles. The van der Waals surface area contributed by atoms with E-state index >= 15 is 0 Å². The van der Waals surface area contributed by atoms with Gasteiger partial charge in [-0.3, -0.25) is 0 Å². The van der Waals surface area contributed by atoms with Gasteiger partial charge in [0.1, 0.15) is 0 Å². The Labute approximate surface area is 85.7 Å². The molecule has 3 N–H and O–H groups in total. The van der Waals surface area contributed by atoms with E-state index in [1.54, 1.807) is 4.90 Å². The first-order chi connectivity index (χ1) is 6.84. The molecule has 0 aromatic heterocycles. The highest BCUT2D eigenvalue weighted by Crippen LogP contribution is 1.98. The molecule has 2 rings (SSSR count). The SMILES string of the molecule is N[C@H]1CC[NH+](CCc2ccccc2)C1. The number of nitrogens with two attached hydrogens (primary N) is 1. The molecule has 0 aliphatic carbocycles. The van der Waals surface area contributed by atoms with Gasteiger partial charge in [0, 0.05) is 12.8 Å². The monoisotopic (exact) mass is 191 g/mol. The minimum Gasteiger partial charge on any atom is -0.333 e. The molecule has 1 saturated heterocycles. The normalized spacial score (nSPS) is 26.6. The van der Waals surface area contributed by atoms with Crippen LogP contribution in [0.1, 0.15) is 12.0 Å². The zero-order valence-electron chi connectivity index (χ0n) is 8.58. The molecular formula is C12H19N2+. The van der Waals surface area contributed by atoms with Crippen LogP contribution in [0.25, 0.3) is 0 Å². The predicted octanol–water partition coefficient (Wildman–Crippen LogP) is -0.155. The second kappa shape index (κ2) is 4.58. The Hall–Kier alpha value is -0.860. The van der Waals surface area contributed by atoms with E-state index in [2.05, 4.69) is 30.3 Å². The summed E-state index contributed by atoms with van der Waals surface area (Å²) in [7, 11) is 0. The van der Waals surface area contributed by atoms with E-state index < -0.39 is 0 Å². The van der Waals surface area contributed by atoms with Crippen molar-refractivity contribution in [1.29, 1.82) is 0 Å². The maximum atomic E-state index is 5.87. The molecule has 1 aromatic rings. The minimum absolute atomic E-state index is 0.445. The summed E-state index contributed by atoms with van der Waals surface area (Å²) >= 11 is 0. The van der Waals surface area contributed by atoms with Crippen LogP contribution < -0.4 is 10.6 Å². The first-order valence-electron chi connectivity index (χ1n) is 5.47. The summed E-state index contributed by atoms with van der Waals surface area (Å²) in [5, 5.41) is 0. The van der Waals surface area contributed by atoms with Gasteiger partial charge in [0.2, 0.25) is 0 Å². The molecule has 14 heavy (non-hydrogen) atoms. The van der Waals surface area contributed by atoms with Crippen molar-refractivity contribution in [2.75, 3.05) is 19.6 Å². The van der Waals surface area contributed by atoms with Gasteiger partial charge in [-0.1, -0.05) is 30.3 Å². The first-order valence-corrected chi connectivity index (χ1v) is 5.47. The van der Waals surface area contributed by atoms with Crippen LogP contribution in [0.2, 0.25) is 0 Å². The lowest BCUT2D eigenvalue weighted by Crippen LogP contribution is -3.10. The third kappa shape index (κ3) is 2.56. The van der Waals surface area contributed by atoms with Gasteiger partial charge in [0.15, 0.2) is 0 Å². The molecule has 0 spiro atoms. The summed E-state index contributed by atoms with van der Waals surface area (Å²) in [6.07, 6.45) is 2.38. The van der Waals surface area contributed by atoms with E-state index in [1.165, 1.54) is 31.5 Å². The zero-order chi connectivity index (χ0) is 9.80. The summed E-state index contributed by atoms with van der Waals surface area (Å²) in [6.45, 7) is 3.65. The molecule has 0 bridgehead atoms. The van der Waals surface area contributed by atoms with Crippen molar-refractivity contribution >= 4 is 0 Å². The average Bonchev–Trinajstić information content (AvgIpc) is 2.63. The number of likely N-dealkylation sites (tertiary alicyclic amines) is 1. The Balaban J connectivity index is 1.78. The maximum Gasteiger partial charge on any atom is 0.0927 e. The number of hydrogen-bond acceptors (Lipinski definition) is 1. The van der Waals surface area contributed by atoms with Crippen molar-refractivity contribution in [3.05, 3.63) is 35.9 Å². The Morgan fingerprint density at radius 2 is 2.07 bits per heavy atom. The van der Waals surface area contributed by atoms with E-state index in [0.717, 1.165) is 6.54 Å². The van der Waals surface area contributed by atoms with Crippen LogP contribution in [0.5, 0.6) is 0 Å². The van der Waals surface area contributed by atoms with E-state index in [1.807, 2.05) is 0 Å². The number of benzene rings is 1. The third-order valence-corrected chi connectivity index (χ3v) is 3.03. The summed E-state index contributed by atoms with van der Waals surface area (Å²) in [4.78, 5) is 1.67. The molecule has 0 amide bonds. The molecule has 1 heterocycles. The minimum atomic E-state index is 0.445. The molecule has 76 valence electrons. The van der Waals surface area contributed by atoms with Gasteiger partial charge in [-0.25, -0.2) is 0 Å². The third-order valence-electron chi connectivity index (χ3n) is 3.03. The van der Waals surface area contributed by atoms with Gasteiger partial charge in [-0.05, 0) is 5.56 Å². The molecule has 1 aliphatic heterocycles. The fourth-order valence-corrected chi connectivity index (χ4v) is 2.16. The predicted molar refractivity (Wildman–Crippen MR) is 58.3 cm³/mol. The number of rotatable bonds is 3. The van der Waals surface area contributed by atoms with Crippen LogP contribution in [-0.4, -0.2) is 25.7 Å². The quantitative estimate of drug-likeness (QED) is 0.683. The zero-order valence-corrected chi connectivity index (χ0v) is 8.58. The molecule has 0 radical (unpaired) electrons. The van der Waals surface area contributed by atoms with Crippen LogP contribution in [0, 0.1) is 0 Å². The van der Waals surface area contributed by atoms with Crippen molar-refractivity contribution in [3.8, 4) is 0 Å². The van der Waals surface area contributed by atoms with Crippen LogP contribution >= 0.6 is 0 Å². The van der Waals surface area contributed by atoms with Crippen molar-refractivity contribution in [3.63, 3.8) is 0 Å². The fourth-order valence-electron chi connectivity index (χ4n) is 2.16. The average molecular weight is 191 g/mol. The van der Waals surface area contributed by atoms with Crippen LogP contribution in [0.3, 0.4) is 0 Å². The van der Waals surface area contributed by atoms with E-state index in [-0.39, 0.29) is 0 Å². The van der Waals surface area contributed by atoms with Gasteiger partial charge >= 0.3 is 0 Å². The van der Waals surface area contributed by atoms with E-state index in [0.29, 0.717) is 6.04 Å². The van der Waals surface area contributed by atoms with Gasteiger partial charge in [0.25, 0.3) is 0 Å². The lowest BCUT2D eigenvalue weighted by Gasteiger charge is -2.12. The van der Waals surface area contributed by atoms with Gasteiger partial charge < -0.3 is 10.6 Å². The Bertz CT molecular complexity index is 271. The van der Waals surface area contributed by atoms with Gasteiger partial charge in [-0.2, -0.15) is 0 Å². The number of nitrogens with one attached hydrogen (secondary N) is 1. The molecule has 1 fully saturated rings. The molecule has 2 heteroatoms. The van der Waals surface area contributed by atoms with Crippen molar-refractivity contribution in [2.24, 2.45) is 5.73 Å². The second-order valence-electron chi connectivity index (χ2n) is 4.24. The van der Waals surface area contributed by atoms with Crippen molar-refractivity contribution in [1.82, 2.24) is 0 Å². The van der Waals surface area contributed by atoms with E-state index in [9.17, 15) is 0 Å². The fraction of sp³-hybridized carbons (Fsp3) is 0.500. The smallest absolute Gasteiger partial charge is 0.0927 e. The van der Waals surface area contributed by atoms with Gasteiger partial charge in [-0.15, -0.1) is 0 Å². The Kier molecular flexibility index (Phi) is 3.17. The van der Waals surface area contributed by atoms with Crippen LogP contribution in [-0.2, 0) is 6.42 Å². The lowest BCUT2D eigenvalue weighted by molar-refractivity contribution is -0.887. The maximum absolute atomic E-state index is 5.87. The lowest BCUT2D eigenvalue weighted by atomic mass is 10.1. The molecule has 1 aliphatic rings. The first kappa shape index (κ1) is 9.69.